The van der Waals surface area contributed by atoms with E-state index in [-0.39, 0.29) is 10.6 Å². The van der Waals surface area contributed by atoms with Gasteiger partial charge >= 0.3 is 6.09 Å². The van der Waals surface area contributed by atoms with Crippen LogP contribution in [0.25, 0.3) is 0 Å². The van der Waals surface area contributed by atoms with Crippen LogP contribution in [-0.2, 0) is 14.8 Å². The number of hydrogen-bond acceptors (Lipinski definition) is 4. The van der Waals surface area contributed by atoms with Gasteiger partial charge in [-0.05, 0) is 36.8 Å². The fourth-order valence-corrected chi connectivity index (χ4v) is 4.34. The van der Waals surface area contributed by atoms with Gasteiger partial charge in [-0.2, -0.15) is 4.31 Å². The lowest BCUT2D eigenvalue weighted by molar-refractivity contribution is 0.140. The Morgan fingerprint density at radius 2 is 1.72 bits per heavy atom. The first kappa shape index (κ1) is 18.0. The van der Waals surface area contributed by atoms with Gasteiger partial charge in [0.25, 0.3) is 10.0 Å². The first-order valence-corrected chi connectivity index (χ1v) is 9.90. The molecule has 0 spiro atoms. The van der Waals surface area contributed by atoms with Crippen molar-refractivity contribution < 1.29 is 17.9 Å². The van der Waals surface area contributed by atoms with Crippen LogP contribution in [0.15, 0.2) is 69.1 Å². The molecule has 3 rings (SSSR count). The molecule has 1 unspecified atom stereocenters. The van der Waals surface area contributed by atoms with E-state index in [1.165, 1.54) is 12.1 Å². The number of rotatable bonds is 3. The molecule has 130 valence electrons. The second-order valence-electron chi connectivity index (χ2n) is 5.43. The van der Waals surface area contributed by atoms with Gasteiger partial charge in [-0.1, -0.05) is 57.4 Å². The summed E-state index contributed by atoms with van der Waals surface area (Å²) in [4.78, 5) is 12.3. The number of aryl methyl sites for hydroxylation is 1. The van der Waals surface area contributed by atoms with E-state index in [1.807, 2.05) is 6.92 Å². The fourth-order valence-electron chi connectivity index (χ4n) is 2.45. The molecular formula is C17H13BrClNO4S. The van der Waals surface area contributed by atoms with Crippen LogP contribution >= 0.6 is 27.5 Å². The molecule has 1 atom stereocenters. The highest BCUT2D eigenvalue weighted by atomic mass is 79.9. The van der Waals surface area contributed by atoms with Gasteiger partial charge in [-0.3, -0.25) is 0 Å². The minimum atomic E-state index is -4.12. The topological polar surface area (TPSA) is 63.7 Å². The third-order valence-corrected chi connectivity index (χ3v) is 6.19. The normalized spacial score (nSPS) is 19.3. The number of amides is 1. The third-order valence-electron chi connectivity index (χ3n) is 3.73. The molecule has 0 N–H and O–H groups in total. The van der Waals surface area contributed by atoms with Gasteiger partial charge in [0, 0.05) is 10.0 Å². The molecule has 1 fully saturated rings. The first-order chi connectivity index (χ1) is 11.8. The van der Waals surface area contributed by atoms with Crippen molar-refractivity contribution >= 4 is 43.6 Å². The fraction of sp³-hybridized carbons (Fsp3) is 0.118. The van der Waals surface area contributed by atoms with Crippen LogP contribution in [-0.4, -0.2) is 18.8 Å². The molecule has 0 radical (unpaired) electrons. The van der Waals surface area contributed by atoms with E-state index in [0.717, 1.165) is 15.6 Å². The number of carbonyl (C=O) groups excluding carboxylic acids is 1. The van der Waals surface area contributed by atoms with Gasteiger partial charge in [0.15, 0.2) is 6.10 Å². The highest BCUT2D eigenvalue weighted by molar-refractivity contribution is 9.10. The molecule has 8 heteroatoms. The lowest BCUT2D eigenvalue weighted by Gasteiger charge is -2.16. The Labute approximate surface area is 159 Å². The summed E-state index contributed by atoms with van der Waals surface area (Å²) < 4.78 is 32.5. The zero-order valence-corrected chi connectivity index (χ0v) is 16.2. The monoisotopic (exact) mass is 441 g/mol. The summed E-state index contributed by atoms with van der Waals surface area (Å²) in [5.41, 5.74) is 2.63. The van der Waals surface area contributed by atoms with Crippen molar-refractivity contribution in [1.29, 1.82) is 0 Å². The minimum Gasteiger partial charge on any atom is -0.434 e. The standard InChI is InChI=1S/C17H13BrClNO4S/c1-11-2-8-14(9-3-11)25(22,23)20-15(10-19)16(24-17(20)21)12-4-6-13(18)7-5-12/h2-10,16H,1H3/b15-10-. The Kier molecular flexibility index (Phi) is 4.90. The molecule has 5 nitrogen and oxygen atoms in total. The Morgan fingerprint density at radius 3 is 2.28 bits per heavy atom. The summed E-state index contributed by atoms with van der Waals surface area (Å²) in [5.74, 6) is 0. The van der Waals surface area contributed by atoms with E-state index >= 15 is 0 Å². The number of carbonyl (C=O) groups is 1. The molecule has 0 saturated carbocycles. The quantitative estimate of drug-likeness (QED) is 0.690. The first-order valence-electron chi connectivity index (χ1n) is 7.23. The van der Waals surface area contributed by atoms with Crippen molar-refractivity contribution in [3.8, 4) is 0 Å². The molecule has 25 heavy (non-hydrogen) atoms. The van der Waals surface area contributed by atoms with E-state index in [2.05, 4.69) is 15.9 Å². The van der Waals surface area contributed by atoms with Gasteiger partial charge in [0.1, 0.15) is 0 Å². The maximum Gasteiger partial charge on any atom is 0.429 e. The number of hydrogen-bond donors (Lipinski definition) is 0. The van der Waals surface area contributed by atoms with Crippen LogP contribution in [0.5, 0.6) is 0 Å². The number of halogens is 2. The molecule has 1 aliphatic heterocycles. The minimum absolute atomic E-state index is 0.0116. The SMILES string of the molecule is Cc1ccc(S(=O)(=O)N2C(=O)OC(c3ccc(Br)cc3)/C2=C/Cl)cc1. The van der Waals surface area contributed by atoms with Gasteiger partial charge < -0.3 is 4.74 Å². The lowest BCUT2D eigenvalue weighted by Crippen LogP contribution is -2.30. The second-order valence-corrected chi connectivity index (χ2v) is 8.35. The Morgan fingerprint density at radius 1 is 1.12 bits per heavy atom. The molecule has 1 saturated heterocycles. The Balaban J connectivity index is 2.03. The van der Waals surface area contributed by atoms with Crippen LogP contribution in [0, 0.1) is 6.92 Å². The highest BCUT2D eigenvalue weighted by Crippen LogP contribution is 2.39. The number of sulfonamides is 1. The van der Waals surface area contributed by atoms with Crippen molar-refractivity contribution in [1.82, 2.24) is 4.31 Å². The largest absolute Gasteiger partial charge is 0.434 e. The predicted octanol–water partition coefficient (Wildman–Crippen LogP) is 4.72. The molecule has 1 amide bonds. The summed E-state index contributed by atoms with van der Waals surface area (Å²) in [6, 6.07) is 13.2. The average Bonchev–Trinajstić information content (AvgIpc) is 2.93. The van der Waals surface area contributed by atoms with Crippen LogP contribution in [0.4, 0.5) is 4.79 Å². The third kappa shape index (κ3) is 3.31. The number of nitrogens with zero attached hydrogens (tertiary/aromatic N) is 1. The zero-order valence-electron chi connectivity index (χ0n) is 13.0. The summed E-state index contributed by atoms with van der Waals surface area (Å²) in [6.45, 7) is 1.84. The van der Waals surface area contributed by atoms with Crippen molar-refractivity contribution in [2.24, 2.45) is 0 Å². The smallest absolute Gasteiger partial charge is 0.429 e. The lowest BCUT2D eigenvalue weighted by atomic mass is 10.1. The van der Waals surface area contributed by atoms with Crippen LogP contribution in [0.3, 0.4) is 0 Å². The summed E-state index contributed by atoms with van der Waals surface area (Å²) in [7, 11) is -4.12. The van der Waals surface area contributed by atoms with E-state index in [1.54, 1.807) is 36.4 Å². The second kappa shape index (κ2) is 6.82. The van der Waals surface area contributed by atoms with Gasteiger partial charge in [-0.25, -0.2) is 13.2 Å². The Bertz CT molecular complexity index is 940. The summed E-state index contributed by atoms with van der Waals surface area (Å²) in [6.07, 6.45) is -1.88. The van der Waals surface area contributed by atoms with Gasteiger partial charge in [-0.15, -0.1) is 0 Å². The van der Waals surface area contributed by atoms with Crippen LogP contribution in [0.1, 0.15) is 17.2 Å². The van der Waals surface area contributed by atoms with E-state index in [0.29, 0.717) is 9.87 Å². The van der Waals surface area contributed by atoms with Gasteiger partial charge in [0.05, 0.1) is 10.6 Å². The van der Waals surface area contributed by atoms with Crippen molar-refractivity contribution in [2.75, 3.05) is 0 Å². The molecule has 1 heterocycles. The van der Waals surface area contributed by atoms with Crippen molar-refractivity contribution in [2.45, 2.75) is 17.9 Å². The molecule has 2 aromatic rings. The molecule has 1 aliphatic rings. The molecule has 0 aromatic heterocycles. The Hall–Kier alpha value is -1.83. The predicted molar refractivity (Wildman–Crippen MR) is 97.5 cm³/mol. The van der Waals surface area contributed by atoms with Gasteiger partial charge in [0.2, 0.25) is 0 Å². The number of benzene rings is 2. The van der Waals surface area contributed by atoms with Crippen LogP contribution < -0.4 is 0 Å². The maximum absolute atomic E-state index is 12.9. The molecular weight excluding hydrogens is 430 g/mol. The molecule has 0 aliphatic carbocycles. The maximum atomic E-state index is 12.9. The molecule has 0 bridgehead atoms. The van der Waals surface area contributed by atoms with Crippen molar-refractivity contribution in [3.05, 3.63) is 75.4 Å². The average molecular weight is 443 g/mol. The summed E-state index contributed by atoms with van der Waals surface area (Å²) >= 11 is 9.18. The number of ether oxygens (including phenoxy) is 1. The van der Waals surface area contributed by atoms with Crippen molar-refractivity contribution in [3.63, 3.8) is 0 Å². The van der Waals surface area contributed by atoms with E-state index in [9.17, 15) is 13.2 Å². The number of cyclic esters (lactones) is 1. The summed E-state index contributed by atoms with van der Waals surface area (Å²) in [5, 5.41) is 0. The zero-order chi connectivity index (χ0) is 18.2. The molecule has 2 aromatic carbocycles. The van der Waals surface area contributed by atoms with E-state index in [4.69, 9.17) is 16.3 Å². The van der Waals surface area contributed by atoms with Crippen LogP contribution in [0.2, 0.25) is 0 Å². The highest BCUT2D eigenvalue weighted by Gasteiger charge is 2.45. The van der Waals surface area contributed by atoms with E-state index < -0.39 is 22.2 Å².